The molecule has 18 heavy (non-hydrogen) atoms. The van der Waals surface area contributed by atoms with Crippen molar-refractivity contribution in [3.8, 4) is 0 Å². The van der Waals surface area contributed by atoms with Gasteiger partial charge in [-0.05, 0) is 24.3 Å². The summed E-state index contributed by atoms with van der Waals surface area (Å²) in [5.74, 6) is -0.893. The maximum absolute atomic E-state index is 11.9. The van der Waals surface area contributed by atoms with Crippen LogP contribution in [0.2, 0.25) is 0 Å². The molecule has 4 nitrogen and oxygen atoms in total. The van der Waals surface area contributed by atoms with Gasteiger partial charge in [0.2, 0.25) is 0 Å². The van der Waals surface area contributed by atoms with Crippen LogP contribution in [0.3, 0.4) is 0 Å². The topological polar surface area (TPSA) is 49.4 Å². The van der Waals surface area contributed by atoms with E-state index in [4.69, 9.17) is 0 Å². The highest BCUT2D eigenvalue weighted by Crippen LogP contribution is 2.28. The number of ketones is 1. The minimum absolute atomic E-state index is 0.384. The predicted octanol–water partition coefficient (Wildman–Crippen LogP) is 1.38. The molecule has 1 aromatic carbocycles. The zero-order valence-electron chi connectivity index (χ0n) is 10.4. The second-order valence-corrected chi connectivity index (χ2v) is 4.27. The van der Waals surface area contributed by atoms with Crippen molar-refractivity contribution in [2.75, 3.05) is 24.5 Å². The van der Waals surface area contributed by atoms with E-state index in [0.29, 0.717) is 24.3 Å². The van der Waals surface area contributed by atoms with Gasteiger partial charge in [0, 0.05) is 13.1 Å². The van der Waals surface area contributed by atoms with E-state index in [1.165, 1.54) is 4.90 Å². The van der Waals surface area contributed by atoms with Crippen LogP contribution in [-0.2, 0) is 4.79 Å². The number of para-hydroxylation sites is 1. The third-order valence-corrected chi connectivity index (χ3v) is 2.89. The zero-order valence-corrected chi connectivity index (χ0v) is 10.4. The molecule has 1 N–H and O–H groups in total. The highest BCUT2D eigenvalue weighted by molar-refractivity contribution is 6.52. The van der Waals surface area contributed by atoms with E-state index in [1.807, 2.05) is 13.0 Å². The fraction of sp³-hybridized carbons (Fsp3) is 0.286. The van der Waals surface area contributed by atoms with Gasteiger partial charge in [-0.2, -0.15) is 0 Å². The molecule has 0 bridgehead atoms. The summed E-state index contributed by atoms with van der Waals surface area (Å²) in [7, 11) is 0. The Balaban J connectivity index is 2.17. The monoisotopic (exact) mass is 244 g/mol. The van der Waals surface area contributed by atoms with Gasteiger partial charge in [-0.25, -0.2) is 0 Å². The molecular formula is C14H16N2O2. The van der Waals surface area contributed by atoms with Crippen molar-refractivity contribution in [3.05, 3.63) is 42.0 Å². The second-order valence-electron chi connectivity index (χ2n) is 4.27. The smallest absolute Gasteiger partial charge is 0.299 e. The number of Topliss-reactive ketones (excluding diaryl/α,β-unsaturated/α-hetero) is 1. The van der Waals surface area contributed by atoms with Crippen molar-refractivity contribution in [1.82, 2.24) is 5.32 Å². The first kappa shape index (κ1) is 12.5. The summed E-state index contributed by atoms with van der Waals surface area (Å²) in [6.07, 6.45) is 0. The number of rotatable bonds is 5. The largest absolute Gasteiger partial charge is 0.313 e. The Labute approximate surface area is 106 Å². The van der Waals surface area contributed by atoms with E-state index >= 15 is 0 Å². The number of likely N-dealkylation sites (N-methyl/N-ethyl adjacent to an activating group) is 1. The Morgan fingerprint density at radius 1 is 1.33 bits per heavy atom. The van der Waals surface area contributed by atoms with Crippen LogP contribution in [0.1, 0.15) is 17.3 Å². The average molecular weight is 244 g/mol. The number of benzene rings is 1. The molecule has 2 rings (SSSR count). The zero-order chi connectivity index (χ0) is 13.1. The van der Waals surface area contributed by atoms with Gasteiger partial charge in [0.15, 0.2) is 0 Å². The van der Waals surface area contributed by atoms with Crippen molar-refractivity contribution in [1.29, 1.82) is 0 Å². The van der Waals surface area contributed by atoms with E-state index in [9.17, 15) is 9.59 Å². The Kier molecular flexibility index (Phi) is 3.58. The minimum Gasteiger partial charge on any atom is -0.313 e. The van der Waals surface area contributed by atoms with Gasteiger partial charge >= 0.3 is 0 Å². The summed E-state index contributed by atoms with van der Waals surface area (Å²) in [6, 6.07) is 7.06. The van der Waals surface area contributed by atoms with Crippen molar-refractivity contribution >= 4 is 17.4 Å². The predicted molar refractivity (Wildman–Crippen MR) is 70.8 cm³/mol. The molecule has 1 aliphatic heterocycles. The number of amides is 1. The van der Waals surface area contributed by atoms with Gasteiger partial charge in [0.1, 0.15) is 0 Å². The third kappa shape index (κ3) is 2.19. The molecule has 0 saturated heterocycles. The van der Waals surface area contributed by atoms with Crippen LogP contribution in [0.15, 0.2) is 36.4 Å². The molecule has 0 aromatic heterocycles. The van der Waals surface area contributed by atoms with E-state index < -0.39 is 11.7 Å². The standard InChI is InChI=1S/C14H16N2O2/c1-3-15-8-10(2)9-16-12-7-5-4-6-11(12)13(17)14(16)18/h4-7,15H,2-3,8-9H2,1H3. The number of hydrogen-bond donors (Lipinski definition) is 1. The SMILES string of the molecule is C=C(CNCC)CN1C(=O)C(=O)c2ccccc21. The summed E-state index contributed by atoms with van der Waals surface area (Å²) in [4.78, 5) is 25.1. The van der Waals surface area contributed by atoms with E-state index in [1.54, 1.807) is 18.2 Å². The number of nitrogens with zero attached hydrogens (tertiary/aromatic N) is 1. The molecule has 0 fully saturated rings. The first-order valence-electron chi connectivity index (χ1n) is 5.97. The first-order chi connectivity index (χ1) is 8.65. The van der Waals surface area contributed by atoms with E-state index in [0.717, 1.165) is 12.1 Å². The quantitative estimate of drug-likeness (QED) is 0.629. The molecule has 1 aromatic rings. The van der Waals surface area contributed by atoms with Gasteiger partial charge < -0.3 is 10.2 Å². The van der Waals surface area contributed by atoms with Gasteiger partial charge in [-0.3, -0.25) is 9.59 Å². The molecule has 0 radical (unpaired) electrons. The summed E-state index contributed by atoms with van der Waals surface area (Å²) in [5, 5.41) is 3.15. The molecular weight excluding hydrogens is 228 g/mol. The Morgan fingerprint density at radius 3 is 2.78 bits per heavy atom. The number of anilines is 1. The lowest BCUT2D eigenvalue weighted by Crippen LogP contribution is -2.33. The molecule has 0 spiro atoms. The van der Waals surface area contributed by atoms with E-state index in [2.05, 4.69) is 11.9 Å². The van der Waals surface area contributed by atoms with Gasteiger partial charge in [-0.15, -0.1) is 0 Å². The molecule has 0 saturated carbocycles. The molecule has 0 aliphatic carbocycles. The lowest BCUT2D eigenvalue weighted by molar-refractivity contribution is -0.114. The van der Waals surface area contributed by atoms with Crippen molar-refractivity contribution in [3.63, 3.8) is 0 Å². The van der Waals surface area contributed by atoms with Gasteiger partial charge in [0.25, 0.3) is 11.7 Å². The van der Waals surface area contributed by atoms with E-state index in [-0.39, 0.29) is 0 Å². The van der Waals surface area contributed by atoms with Crippen LogP contribution in [0.25, 0.3) is 0 Å². The highest BCUT2D eigenvalue weighted by atomic mass is 16.2. The van der Waals surface area contributed by atoms with Crippen molar-refractivity contribution in [2.45, 2.75) is 6.92 Å². The van der Waals surface area contributed by atoms with Crippen molar-refractivity contribution < 1.29 is 9.59 Å². The molecule has 0 unspecified atom stereocenters. The number of hydrogen-bond acceptors (Lipinski definition) is 3. The summed E-state index contributed by atoms with van der Waals surface area (Å²) in [6.45, 7) is 7.81. The van der Waals surface area contributed by atoms with Crippen LogP contribution >= 0.6 is 0 Å². The van der Waals surface area contributed by atoms with Crippen molar-refractivity contribution in [2.24, 2.45) is 0 Å². The fourth-order valence-electron chi connectivity index (χ4n) is 1.99. The molecule has 4 heteroatoms. The lowest BCUT2D eigenvalue weighted by Gasteiger charge is -2.18. The molecule has 94 valence electrons. The summed E-state index contributed by atoms with van der Waals surface area (Å²) in [5.41, 5.74) is 2.05. The van der Waals surface area contributed by atoms with Crippen LogP contribution in [0.5, 0.6) is 0 Å². The highest BCUT2D eigenvalue weighted by Gasteiger charge is 2.35. The summed E-state index contributed by atoms with van der Waals surface area (Å²) >= 11 is 0. The Hall–Kier alpha value is -1.94. The first-order valence-corrected chi connectivity index (χ1v) is 5.97. The molecule has 0 atom stereocenters. The minimum atomic E-state index is -0.464. The van der Waals surface area contributed by atoms with Gasteiger partial charge in [-0.1, -0.05) is 25.6 Å². The van der Waals surface area contributed by atoms with Crippen LogP contribution in [0, 0.1) is 0 Å². The number of carbonyl (C=O) groups is 2. The lowest BCUT2D eigenvalue weighted by atomic mass is 10.1. The van der Waals surface area contributed by atoms with Crippen LogP contribution < -0.4 is 10.2 Å². The number of carbonyl (C=O) groups excluding carboxylic acids is 2. The number of fused-ring (bicyclic) bond motifs is 1. The Morgan fingerprint density at radius 2 is 2.06 bits per heavy atom. The number of nitrogens with one attached hydrogen (secondary N) is 1. The maximum atomic E-state index is 11.9. The fourth-order valence-corrected chi connectivity index (χ4v) is 1.99. The summed E-state index contributed by atoms with van der Waals surface area (Å²) < 4.78 is 0. The molecule has 1 aliphatic rings. The third-order valence-electron chi connectivity index (χ3n) is 2.89. The van der Waals surface area contributed by atoms with Gasteiger partial charge in [0.05, 0.1) is 11.3 Å². The molecule has 1 amide bonds. The normalized spacial score (nSPS) is 13.9. The van der Waals surface area contributed by atoms with Crippen LogP contribution in [0.4, 0.5) is 5.69 Å². The second kappa shape index (κ2) is 5.14. The molecule has 1 heterocycles. The van der Waals surface area contributed by atoms with Crippen LogP contribution in [-0.4, -0.2) is 31.3 Å². The Bertz CT molecular complexity index is 508. The maximum Gasteiger partial charge on any atom is 0.299 e. The average Bonchev–Trinajstić information content (AvgIpc) is 2.62.